The molecule has 0 fully saturated rings. The van der Waals surface area contributed by atoms with Crippen molar-refractivity contribution in [2.45, 2.75) is 4.90 Å². The Balaban J connectivity index is 2.42. The zero-order valence-electron chi connectivity index (χ0n) is 7.01. The van der Waals surface area contributed by atoms with E-state index in [9.17, 15) is 0 Å². The SMILES string of the molecule is Sc1ccc(-c2cccnc2)cc1. The van der Waals surface area contributed by atoms with Gasteiger partial charge in [-0.3, -0.25) is 4.98 Å². The molecule has 1 aromatic heterocycles. The summed E-state index contributed by atoms with van der Waals surface area (Å²) in [5.74, 6) is 0. The van der Waals surface area contributed by atoms with Gasteiger partial charge in [-0.25, -0.2) is 0 Å². The topological polar surface area (TPSA) is 12.9 Å². The molecule has 0 saturated carbocycles. The Morgan fingerprint density at radius 1 is 0.923 bits per heavy atom. The van der Waals surface area contributed by atoms with Crippen molar-refractivity contribution in [1.82, 2.24) is 4.98 Å². The highest BCUT2D eigenvalue weighted by atomic mass is 32.1. The Morgan fingerprint density at radius 3 is 2.31 bits per heavy atom. The summed E-state index contributed by atoms with van der Waals surface area (Å²) < 4.78 is 0. The van der Waals surface area contributed by atoms with Crippen molar-refractivity contribution in [3.63, 3.8) is 0 Å². The van der Waals surface area contributed by atoms with E-state index in [2.05, 4.69) is 17.6 Å². The van der Waals surface area contributed by atoms with Crippen molar-refractivity contribution in [2.75, 3.05) is 0 Å². The molecule has 0 radical (unpaired) electrons. The number of benzene rings is 1. The lowest BCUT2D eigenvalue weighted by Crippen LogP contribution is -1.77. The van der Waals surface area contributed by atoms with Gasteiger partial charge in [0.05, 0.1) is 0 Å². The van der Waals surface area contributed by atoms with Gasteiger partial charge in [0.15, 0.2) is 0 Å². The van der Waals surface area contributed by atoms with Gasteiger partial charge in [0.1, 0.15) is 0 Å². The highest BCUT2D eigenvalue weighted by Crippen LogP contribution is 2.19. The molecule has 0 amide bonds. The summed E-state index contributed by atoms with van der Waals surface area (Å²) in [5, 5.41) is 0. The molecule has 0 atom stereocenters. The van der Waals surface area contributed by atoms with Gasteiger partial charge in [0.2, 0.25) is 0 Å². The number of pyridine rings is 1. The Morgan fingerprint density at radius 2 is 1.69 bits per heavy atom. The molecule has 1 aromatic carbocycles. The average molecular weight is 187 g/mol. The first-order valence-electron chi connectivity index (χ1n) is 4.06. The highest BCUT2D eigenvalue weighted by Gasteiger charge is 1.94. The first-order chi connectivity index (χ1) is 6.36. The van der Waals surface area contributed by atoms with Crippen LogP contribution in [-0.4, -0.2) is 4.98 Å². The first kappa shape index (κ1) is 8.32. The molecule has 64 valence electrons. The lowest BCUT2D eigenvalue weighted by molar-refractivity contribution is 1.33. The Bertz CT molecular complexity index is 381. The van der Waals surface area contributed by atoms with Gasteiger partial charge >= 0.3 is 0 Å². The molecule has 2 aromatic rings. The van der Waals surface area contributed by atoms with Crippen LogP contribution in [0, 0.1) is 0 Å². The molecule has 13 heavy (non-hydrogen) atoms. The Kier molecular flexibility index (Phi) is 2.32. The number of hydrogen-bond acceptors (Lipinski definition) is 2. The first-order valence-corrected chi connectivity index (χ1v) is 4.50. The van der Waals surface area contributed by atoms with Crippen LogP contribution in [0.25, 0.3) is 11.1 Å². The molecule has 2 rings (SSSR count). The van der Waals surface area contributed by atoms with Gasteiger partial charge in [0.25, 0.3) is 0 Å². The fourth-order valence-electron chi connectivity index (χ4n) is 1.19. The van der Waals surface area contributed by atoms with Crippen molar-refractivity contribution in [3.05, 3.63) is 48.8 Å². The van der Waals surface area contributed by atoms with E-state index >= 15 is 0 Å². The van der Waals surface area contributed by atoms with Gasteiger partial charge in [-0.15, -0.1) is 12.6 Å². The van der Waals surface area contributed by atoms with Gasteiger partial charge in [-0.1, -0.05) is 18.2 Å². The van der Waals surface area contributed by atoms with Crippen LogP contribution in [0.5, 0.6) is 0 Å². The molecular weight excluding hydrogens is 178 g/mol. The number of hydrogen-bond donors (Lipinski definition) is 1. The summed E-state index contributed by atoms with van der Waals surface area (Å²) in [4.78, 5) is 5.04. The minimum absolute atomic E-state index is 0.979. The maximum atomic E-state index is 4.23. The predicted molar refractivity (Wildman–Crippen MR) is 56.9 cm³/mol. The highest BCUT2D eigenvalue weighted by molar-refractivity contribution is 7.80. The third kappa shape index (κ3) is 1.90. The largest absolute Gasteiger partial charge is 0.264 e. The monoisotopic (exact) mass is 187 g/mol. The third-order valence-corrected chi connectivity index (χ3v) is 2.16. The molecule has 0 aliphatic carbocycles. The molecule has 1 heterocycles. The summed E-state index contributed by atoms with van der Waals surface area (Å²) in [7, 11) is 0. The van der Waals surface area contributed by atoms with Crippen LogP contribution in [0.3, 0.4) is 0 Å². The Labute approximate surface area is 82.9 Å². The second-order valence-electron chi connectivity index (χ2n) is 2.79. The van der Waals surface area contributed by atoms with Crippen LogP contribution >= 0.6 is 12.6 Å². The fraction of sp³-hybridized carbons (Fsp3) is 0. The number of aromatic nitrogens is 1. The van der Waals surface area contributed by atoms with E-state index in [4.69, 9.17) is 0 Å². The zero-order chi connectivity index (χ0) is 9.10. The number of nitrogens with zero attached hydrogens (tertiary/aromatic N) is 1. The van der Waals surface area contributed by atoms with E-state index in [0.29, 0.717) is 0 Å². The molecule has 0 bridgehead atoms. The molecule has 0 aliphatic heterocycles. The van der Waals surface area contributed by atoms with E-state index in [-0.39, 0.29) is 0 Å². The van der Waals surface area contributed by atoms with Gasteiger partial charge < -0.3 is 0 Å². The predicted octanol–water partition coefficient (Wildman–Crippen LogP) is 3.04. The summed E-state index contributed by atoms with van der Waals surface area (Å²) in [5.41, 5.74) is 2.31. The van der Waals surface area contributed by atoms with Crippen LogP contribution in [0.4, 0.5) is 0 Å². The number of rotatable bonds is 1. The van der Waals surface area contributed by atoms with Crippen molar-refractivity contribution in [2.24, 2.45) is 0 Å². The third-order valence-electron chi connectivity index (χ3n) is 1.86. The van der Waals surface area contributed by atoms with Gasteiger partial charge in [0, 0.05) is 17.3 Å². The van der Waals surface area contributed by atoms with E-state index in [1.165, 1.54) is 5.56 Å². The smallest absolute Gasteiger partial charge is 0.0346 e. The molecule has 0 spiro atoms. The van der Waals surface area contributed by atoms with Crippen molar-refractivity contribution in [1.29, 1.82) is 0 Å². The van der Waals surface area contributed by atoms with Crippen molar-refractivity contribution < 1.29 is 0 Å². The van der Waals surface area contributed by atoms with Crippen LogP contribution in [0.1, 0.15) is 0 Å². The molecule has 1 nitrogen and oxygen atoms in total. The summed E-state index contributed by atoms with van der Waals surface area (Å²) in [6.07, 6.45) is 3.63. The summed E-state index contributed by atoms with van der Waals surface area (Å²) >= 11 is 4.23. The van der Waals surface area contributed by atoms with Crippen molar-refractivity contribution in [3.8, 4) is 11.1 Å². The van der Waals surface area contributed by atoms with E-state index in [0.717, 1.165) is 10.5 Å². The summed E-state index contributed by atoms with van der Waals surface area (Å²) in [6.45, 7) is 0. The van der Waals surface area contributed by atoms with Crippen molar-refractivity contribution >= 4 is 12.6 Å². The Hall–Kier alpha value is -1.28. The lowest BCUT2D eigenvalue weighted by Gasteiger charge is -1.99. The standard InChI is InChI=1S/C11H9NS/c13-11-5-3-9(4-6-11)10-2-1-7-12-8-10/h1-8,13H. The normalized spacial score (nSPS) is 9.92. The molecule has 0 N–H and O–H groups in total. The molecule has 0 unspecified atom stereocenters. The molecular formula is C11H9NS. The lowest BCUT2D eigenvalue weighted by atomic mass is 10.1. The van der Waals surface area contributed by atoms with Gasteiger partial charge in [-0.05, 0) is 29.3 Å². The minimum atomic E-state index is 0.979. The second kappa shape index (κ2) is 3.62. The van der Waals surface area contributed by atoms with Gasteiger partial charge in [-0.2, -0.15) is 0 Å². The van der Waals surface area contributed by atoms with E-state index < -0.39 is 0 Å². The van der Waals surface area contributed by atoms with E-state index in [1.807, 2.05) is 42.6 Å². The zero-order valence-corrected chi connectivity index (χ0v) is 7.91. The van der Waals surface area contributed by atoms with E-state index in [1.54, 1.807) is 6.20 Å². The van der Waals surface area contributed by atoms with Crippen LogP contribution in [-0.2, 0) is 0 Å². The average Bonchev–Trinajstić information content (AvgIpc) is 2.20. The van der Waals surface area contributed by atoms with Crippen LogP contribution in [0.15, 0.2) is 53.7 Å². The molecule has 0 aliphatic rings. The van der Waals surface area contributed by atoms with Crippen LogP contribution < -0.4 is 0 Å². The fourth-order valence-corrected chi connectivity index (χ4v) is 1.34. The molecule has 0 saturated heterocycles. The quantitative estimate of drug-likeness (QED) is 0.677. The number of thiol groups is 1. The minimum Gasteiger partial charge on any atom is -0.264 e. The molecule has 2 heteroatoms. The maximum Gasteiger partial charge on any atom is 0.0346 e. The second-order valence-corrected chi connectivity index (χ2v) is 3.30. The van der Waals surface area contributed by atoms with Crippen LogP contribution in [0.2, 0.25) is 0 Å². The maximum absolute atomic E-state index is 4.23. The summed E-state index contributed by atoms with van der Waals surface area (Å²) in [6, 6.07) is 12.0.